The lowest BCUT2D eigenvalue weighted by Crippen LogP contribution is -2.27. The van der Waals surface area contributed by atoms with Gasteiger partial charge in [0.1, 0.15) is 11.3 Å². The first-order valence-electron chi connectivity index (χ1n) is 11.5. The number of fused-ring (bicyclic) bond motifs is 1. The van der Waals surface area contributed by atoms with E-state index in [1.54, 1.807) is 80.2 Å². The number of amides is 2. The van der Waals surface area contributed by atoms with Gasteiger partial charge in [0.2, 0.25) is 0 Å². The van der Waals surface area contributed by atoms with E-state index in [0.717, 1.165) is 16.8 Å². The highest BCUT2D eigenvalue weighted by molar-refractivity contribution is 6.04. The van der Waals surface area contributed by atoms with Crippen LogP contribution >= 0.6 is 0 Å². The first kappa shape index (κ1) is 23.4. The van der Waals surface area contributed by atoms with Crippen molar-refractivity contribution in [2.24, 2.45) is 0 Å². The van der Waals surface area contributed by atoms with Crippen LogP contribution in [0, 0.1) is 0 Å². The Bertz CT molecular complexity index is 1660. The molecule has 0 saturated carbocycles. The van der Waals surface area contributed by atoms with Gasteiger partial charge in [0, 0.05) is 47.6 Å². The third-order valence-corrected chi connectivity index (χ3v) is 5.74. The van der Waals surface area contributed by atoms with E-state index in [1.807, 2.05) is 18.2 Å². The first-order chi connectivity index (χ1) is 18.0. The molecule has 0 aliphatic carbocycles. The zero-order chi connectivity index (χ0) is 25.8. The quantitative estimate of drug-likeness (QED) is 0.329. The molecule has 0 bridgehead atoms. The minimum Gasteiger partial charge on any atom is -0.355 e. The number of rotatable bonds is 6. The molecule has 0 unspecified atom stereocenters. The van der Waals surface area contributed by atoms with E-state index < -0.39 is 11.5 Å². The molecule has 3 aromatic heterocycles. The predicted molar refractivity (Wildman–Crippen MR) is 143 cm³/mol. The van der Waals surface area contributed by atoms with E-state index in [9.17, 15) is 14.4 Å². The Hall–Kier alpha value is -5.31. The summed E-state index contributed by atoms with van der Waals surface area (Å²) in [5.41, 5.74) is 3.30. The molecule has 0 saturated heterocycles. The van der Waals surface area contributed by atoms with Gasteiger partial charge in [-0.05, 0) is 60.7 Å². The first-order valence-corrected chi connectivity index (χ1v) is 11.5. The van der Waals surface area contributed by atoms with Gasteiger partial charge in [-0.2, -0.15) is 0 Å². The molecule has 5 aromatic rings. The van der Waals surface area contributed by atoms with Crippen LogP contribution in [0.15, 0.2) is 102 Å². The Morgan fingerprint density at radius 2 is 1.59 bits per heavy atom. The van der Waals surface area contributed by atoms with Crippen LogP contribution in [0.25, 0.3) is 16.6 Å². The van der Waals surface area contributed by atoms with Crippen LogP contribution in [-0.2, 0) is 0 Å². The lowest BCUT2D eigenvalue weighted by atomic mass is 10.1. The van der Waals surface area contributed by atoms with Gasteiger partial charge in [0.25, 0.3) is 17.4 Å². The standard InChI is InChI=1S/C28H22N6O3/c1-29-27(36)24-16-22-23(13-14-30-25(22)17-31-24)32-18-9-11-19(12-10-18)33-26(35)21-8-5-15-34(28(21)37)20-6-3-2-4-7-20/h2-17H,1H3,(H,29,36)(H,30,32)(H,33,35). The summed E-state index contributed by atoms with van der Waals surface area (Å²) in [7, 11) is 1.55. The van der Waals surface area contributed by atoms with Gasteiger partial charge in [-0.25, -0.2) is 4.98 Å². The normalized spacial score (nSPS) is 10.6. The minimum absolute atomic E-state index is 0.0392. The van der Waals surface area contributed by atoms with Crippen LogP contribution in [0.1, 0.15) is 20.8 Å². The van der Waals surface area contributed by atoms with Crippen molar-refractivity contribution in [1.82, 2.24) is 19.9 Å². The molecule has 9 nitrogen and oxygen atoms in total. The zero-order valence-electron chi connectivity index (χ0n) is 19.8. The second-order valence-corrected chi connectivity index (χ2v) is 8.11. The Morgan fingerprint density at radius 3 is 2.35 bits per heavy atom. The molecule has 9 heteroatoms. The second-order valence-electron chi connectivity index (χ2n) is 8.11. The highest BCUT2D eigenvalue weighted by atomic mass is 16.2. The summed E-state index contributed by atoms with van der Waals surface area (Å²) in [6, 6.07) is 22.9. The fraction of sp³-hybridized carbons (Fsp3) is 0.0357. The van der Waals surface area contributed by atoms with Crippen molar-refractivity contribution in [1.29, 1.82) is 0 Å². The fourth-order valence-corrected chi connectivity index (χ4v) is 3.86. The van der Waals surface area contributed by atoms with Gasteiger partial charge in [-0.1, -0.05) is 18.2 Å². The highest BCUT2D eigenvalue weighted by Gasteiger charge is 2.14. The maximum absolute atomic E-state index is 12.9. The maximum Gasteiger partial charge on any atom is 0.269 e. The van der Waals surface area contributed by atoms with Gasteiger partial charge >= 0.3 is 0 Å². The highest BCUT2D eigenvalue weighted by Crippen LogP contribution is 2.26. The van der Waals surface area contributed by atoms with Gasteiger partial charge in [0.15, 0.2) is 0 Å². The molecule has 37 heavy (non-hydrogen) atoms. The monoisotopic (exact) mass is 490 g/mol. The number of para-hydroxylation sites is 1. The zero-order valence-corrected chi connectivity index (χ0v) is 19.8. The largest absolute Gasteiger partial charge is 0.355 e. The summed E-state index contributed by atoms with van der Waals surface area (Å²) >= 11 is 0. The fourth-order valence-electron chi connectivity index (χ4n) is 3.86. The maximum atomic E-state index is 12.9. The van der Waals surface area contributed by atoms with Crippen molar-refractivity contribution in [3.8, 4) is 5.69 Å². The molecular weight excluding hydrogens is 468 g/mol. The molecule has 0 aliphatic heterocycles. The van der Waals surface area contributed by atoms with E-state index in [0.29, 0.717) is 16.9 Å². The molecule has 3 N–H and O–H groups in total. The summed E-state index contributed by atoms with van der Waals surface area (Å²) in [5, 5.41) is 9.40. The third kappa shape index (κ3) is 4.92. The summed E-state index contributed by atoms with van der Waals surface area (Å²) in [6.45, 7) is 0. The molecule has 2 amide bonds. The van der Waals surface area contributed by atoms with Gasteiger partial charge in [-0.3, -0.25) is 23.9 Å². The lowest BCUT2D eigenvalue weighted by Gasteiger charge is -2.12. The average molecular weight is 491 g/mol. The van der Waals surface area contributed by atoms with Crippen LogP contribution in [0.3, 0.4) is 0 Å². The van der Waals surface area contributed by atoms with Crippen molar-refractivity contribution in [3.63, 3.8) is 0 Å². The number of anilines is 3. The number of benzene rings is 2. The van der Waals surface area contributed by atoms with Crippen molar-refractivity contribution in [3.05, 3.63) is 119 Å². The van der Waals surface area contributed by atoms with Crippen molar-refractivity contribution >= 4 is 39.8 Å². The topological polar surface area (TPSA) is 118 Å². The Balaban J connectivity index is 1.34. The molecular formula is C28H22N6O3. The summed E-state index contributed by atoms with van der Waals surface area (Å²) in [5.74, 6) is -0.781. The van der Waals surface area contributed by atoms with Gasteiger partial charge < -0.3 is 16.0 Å². The number of carbonyl (C=O) groups excluding carboxylic acids is 2. The minimum atomic E-state index is -0.495. The van der Waals surface area contributed by atoms with Crippen molar-refractivity contribution < 1.29 is 9.59 Å². The second kappa shape index (κ2) is 10.1. The molecule has 182 valence electrons. The summed E-state index contributed by atoms with van der Waals surface area (Å²) in [6.07, 6.45) is 4.84. The van der Waals surface area contributed by atoms with E-state index in [1.165, 1.54) is 10.6 Å². The average Bonchev–Trinajstić information content (AvgIpc) is 2.94. The van der Waals surface area contributed by atoms with Crippen LogP contribution in [-0.4, -0.2) is 33.4 Å². The van der Waals surface area contributed by atoms with Crippen LogP contribution in [0.2, 0.25) is 0 Å². The van der Waals surface area contributed by atoms with E-state index >= 15 is 0 Å². The number of aromatic nitrogens is 3. The van der Waals surface area contributed by atoms with Crippen LogP contribution < -0.4 is 21.5 Å². The van der Waals surface area contributed by atoms with Crippen LogP contribution in [0.5, 0.6) is 0 Å². The number of pyridine rings is 3. The molecule has 0 atom stereocenters. The number of nitrogens with zero attached hydrogens (tertiary/aromatic N) is 3. The molecule has 0 aliphatic rings. The number of carbonyl (C=O) groups is 2. The van der Waals surface area contributed by atoms with E-state index in [2.05, 4.69) is 25.9 Å². The molecule has 0 fully saturated rings. The van der Waals surface area contributed by atoms with E-state index in [-0.39, 0.29) is 17.2 Å². The Kier molecular flexibility index (Phi) is 6.41. The van der Waals surface area contributed by atoms with Crippen molar-refractivity contribution in [2.45, 2.75) is 0 Å². The van der Waals surface area contributed by atoms with Crippen molar-refractivity contribution in [2.75, 3.05) is 17.7 Å². The van der Waals surface area contributed by atoms with E-state index in [4.69, 9.17) is 0 Å². The number of hydrogen-bond donors (Lipinski definition) is 3. The smallest absolute Gasteiger partial charge is 0.269 e. The lowest BCUT2D eigenvalue weighted by molar-refractivity contribution is 0.0957. The molecule has 5 rings (SSSR count). The third-order valence-electron chi connectivity index (χ3n) is 5.74. The number of hydrogen-bond acceptors (Lipinski definition) is 6. The SMILES string of the molecule is CNC(=O)c1cc2c(Nc3ccc(NC(=O)c4cccn(-c5ccccc5)c4=O)cc3)ccnc2cn1. The van der Waals surface area contributed by atoms with Gasteiger partial charge in [-0.15, -0.1) is 0 Å². The summed E-state index contributed by atoms with van der Waals surface area (Å²) in [4.78, 5) is 46.2. The van der Waals surface area contributed by atoms with Gasteiger partial charge in [0.05, 0.1) is 11.7 Å². The number of nitrogens with one attached hydrogen (secondary N) is 3. The molecule has 0 radical (unpaired) electrons. The summed E-state index contributed by atoms with van der Waals surface area (Å²) < 4.78 is 1.44. The van der Waals surface area contributed by atoms with Crippen LogP contribution in [0.4, 0.5) is 17.1 Å². The Morgan fingerprint density at radius 1 is 0.838 bits per heavy atom. The molecule has 2 aromatic carbocycles. The molecule has 3 heterocycles. The Labute approximate surface area is 211 Å². The predicted octanol–water partition coefficient (Wildman–Crippen LogP) is 4.14. The molecule has 0 spiro atoms.